The van der Waals surface area contributed by atoms with Crippen molar-refractivity contribution in [3.8, 4) is 0 Å². The summed E-state index contributed by atoms with van der Waals surface area (Å²) in [6.07, 6.45) is 1.46. The molecule has 7 heteroatoms. The molecule has 0 spiro atoms. The van der Waals surface area contributed by atoms with Crippen LogP contribution in [0.15, 0.2) is 64.5 Å². The number of hydrogen-bond acceptors (Lipinski definition) is 5. The van der Waals surface area contributed by atoms with E-state index in [0.717, 1.165) is 17.0 Å². The fourth-order valence-electron chi connectivity index (χ4n) is 3.12. The smallest absolute Gasteiger partial charge is 0.251 e. The number of nitrogens with zero attached hydrogens (tertiary/aromatic N) is 3. The van der Waals surface area contributed by atoms with Crippen LogP contribution in [-0.4, -0.2) is 20.7 Å². The highest BCUT2D eigenvalue weighted by Crippen LogP contribution is 2.35. The van der Waals surface area contributed by atoms with Crippen molar-refractivity contribution >= 4 is 11.9 Å². The lowest BCUT2D eigenvalue weighted by Crippen LogP contribution is -2.34. The van der Waals surface area contributed by atoms with Gasteiger partial charge < -0.3 is 15.1 Å². The molecular formula is C19H19N5O2. The topological polar surface area (TPSA) is 85.0 Å². The van der Waals surface area contributed by atoms with Crippen molar-refractivity contribution in [2.24, 2.45) is 0 Å². The van der Waals surface area contributed by atoms with Gasteiger partial charge in [-0.2, -0.15) is 10.1 Å². The largest absolute Gasteiger partial charge is 0.464 e. The average Bonchev–Trinajstić information content (AvgIpc) is 3.28. The van der Waals surface area contributed by atoms with Crippen LogP contribution in [0.25, 0.3) is 0 Å². The molecule has 0 radical (unpaired) electrons. The SMILES string of the molecule is CC1=C(C(=O)NCc2ccccc2)[C@@H](c2ccc(C)o2)n2ncnc2N1. The van der Waals surface area contributed by atoms with Gasteiger partial charge in [0.15, 0.2) is 0 Å². The van der Waals surface area contributed by atoms with Gasteiger partial charge in [0.25, 0.3) is 5.91 Å². The Bertz CT molecular complexity index is 971. The van der Waals surface area contributed by atoms with Gasteiger partial charge in [0, 0.05) is 12.2 Å². The van der Waals surface area contributed by atoms with E-state index in [0.29, 0.717) is 23.8 Å². The van der Waals surface area contributed by atoms with E-state index >= 15 is 0 Å². The van der Waals surface area contributed by atoms with Gasteiger partial charge >= 0.3 is 0 Å². The lowest BCUT2D eigenvalue weighted by atomic mass is 10.00. The number of rotatable bonds is 4. The minimum Gasteiger partial charge on any atom is -0.464 e. The molecule has 2 N–H and O–H groups in total. The third kappa shape index (κ3) is 2.88. The molecule has 7 nitrogen and oxygen atoms in total. The van der Waals surface area contributed by atoms with Crippen molar-refractivity contribution in [1.29, 1.82) is 0 Å². The molecule has 26 heavy (non-hydrogen) atoms. The molecule has 3 heterocycles. The summed E-state index contributed by atoms with van der Waals surface area (Å²) in [6, 6.07) is 13.1. The van der Waals surface area contributed by atoms with Crippen LogP contribution in [-0.2, 0) is 11.3 Å². The first kappa shape index (κ1) is 16.1. The van der Waals surface area contributed by atoms with Crippen LogP contribution in [0.2, 0.25) is 0 Å². The number of aryl methyl sites for hydroxylation is 1. The summed E-state index contributed by atoms with van der Waals surface area (Å²) in [5.41, 5.74) is 2.33. The molecular weight excluding hydrogens is 330 g/mol. The number of carbonyl (C=O) groups excluding carboxylic acids is 1. The number of fused-ring (bicyclic) bond motifs is 1. The summed E-state index contributed by atoms with van der Waals surface area (Å²) >= 11 is 0. The number of amides is 1. The second-order valence-electron chi connectivity index (χ2n) is 6.21. The highest BCUT2D eigenvalue weighted by molar-refractivity contribution is 5.96. The Balaban J connectivity index is 1.66. The molecule has 1 aromatic carbocycles. The number of anilines is 1. The van der Waals surface area contributed by atoms with E-state index in [-0.39, 0.29) is 5.91 Å². The lowest BCUT2D eigenvalue weighted by Gasteiger charge is -2.27. The predicted octanol–water partition coefficient (Wildman–Crippen LogP) is 2.78. The summed E-state index contributed by atoms with van der Waals surface area (Å²) in [6.45, 7) is 4.18. The van der Waals surface area contributed by atoms with Crippen LogP contribution < -0.4 is 10.6 Å². The number of carbonyl (C=O) groups is 1. The Morgan fingerprint density at radius 1 is 1.23 bits per heavy atom. The normalized spacial score (nSPS) is 16.2. The molecule has 0 fully saturated rings. The Kier molecular flexibility index (Phi) is 4.04. The fraction of sp³-hybridized carbons (Fsp3) is 0.211. The van der Waals surface area contributed by atoms with Crippen LogP contribution in [0, 0.1) is 6.92 Å². The van der Waals surface area contributed by atoms with Crippen LogP contribution in [0.5, 0.6) is 0 Å². The summed E-state index contributed by atoms with van der Waals surface area (Å²) in [5.74, 6) is 1.85. The van der Waals surface area contributed by atoms with E-state index in [1.54, 1.807) is 4.68 Å². The highest BCUT2D eigenvalue weighted by atomic mass is 16.3. The molecule has 4 rings (SSSR count). The van der Waals surface area contributed by atoms with Crippen LogP contribution in [0.4, 0.5) is 5.95 Å². The molecule has 0 saturated heterocycles. The second kappa shape index (κ2) is 6.51. The molecule has 132 valence electrons. The van der Waals surface area contributed by atoms with Gasteiger partial charge in [-0.25, -0.2) is 4.68 Å². The van der Waals surface area contributed by atoms with Gasteiger partial charge in [0.05, 0.1) is 5.57 Å². The number of aromatic nitrogens is 3. The Morgan fingerprint density at radius 2 is 2.04 bits per heavy atom. The van der Waals surface area contributed by atoms with E-state index < -0.39 is 6.04 Å². The second-order valence-corrected chi connectivity index (χ2v) is 6.21. The van der Waals surface area contributed by atoms with Gasteiger partial charge in [-0.3, -0.25) is 4.79 Å². The summed E-state index contributed by atoms with van der Waals surface area (Å²) in [5, 5.41) is 10.4. The summed E-state index contributed by atoms with van der Waals surface area (Å²) < 4.78 is 7.48. The van der Waals surface area contributed by atoms with Crippen molar-refractivity contribution < 1.29 is 9.21 Å². The number of nitrogens with one attached hydrogen (secondary N) is 2. The van der Waals surface area contributed by atoms with E-state index in [4.69, 9.17) is 4.42 Å². The summed E-state index contributed by atoms with van der Waals surface area (Å²) in [4.78, 5) is 17.2. The number of furan rings is 1. The first-order valence-electron chi connectivity index (χ1n) is 8.39. The van der Waals surface area contributed by atoms with Gasteiger partial charge in [0.1, 0.15) is 23.9 Å². The van der Waals surface area contributed by atoms with Crippen LogP contribution in [0.3, 0.4) is 0 Å². The van der Waals surface area contributed by atoms with Crippen molar-refractivity contribution in [2.75, 3.05) is 5.32 Å². The number of benzene rings is 1. The Labute approximate surface area is 150 Å². The zero-order chi connectivity index (χ0) is 18.1. The lowest BCUT2D eigenvalue weighted by molar-refractivity contribution is -0.118. The molecule has 1 aliphatic rings. The van der Waals surface area contributed by atoms with Crippen molar-refractivity contribution in [3.05, 3.63) is 77.1 Å². The van der Waals surface area contributed by atoms with E-state index in [1.165, 1.54) is 6.33 Å². The van der Waals surface area contributed by atoms with Crippen LogP contribution in [0.1, 0.15) is 30.0 Å². The van der Waals surface area contributed by atoms with Gasteiger partial charge in [-0.05, 0) is 31.5 Å². The minimum atomic E-state index is -0.460. The van der Waals surface area contributed by atoms with Crippen molar-refractivity contribution in [1.82, 2.24) is 20.1 Å². The standard InChI is InChI=1S/C19H19N5O2/c1-12-8-9-15(26-12)17-16(13(2)23-19-21-11-22-24(17)19)18(25)20-10-14-6-4-3-5-7-14/h3-9,11,17H,10H2,1-2H3,(H,20,25)(H,21,22,23)/t17-/m1/s1. The molecule has 0 bridgehead atoms. The monoisotopic (exact) mass is 349 g/mol. The molecule has 0 unspecified atom stereocenters. The highest BCUT2D eigenvalue weighted by Gasteiger charge is 2.35. The van der Waals surface area contributed by atoms with E-state index in [9.17, 15) is 4.79 Å². The van der Waals surface area contributed by atoms with Gasteiger partial charge in [-0.15, -0.1) is 0 Å². The van der Waals surface area contributed by atoms with Crippen molar-refractivity contribution in [3.63, 3.8) is 0 Å². The molecule has 1 atom stereocenters. The molecule has 2 aromatic heterocycles. The maximum absolute atomic E-state index is 13.0. The zero-order valence-electron chi connectivity index (χ0n) is 14.6. The molecule has 0 saturated carbocycles. The molecule has 1 aliphatic heterocycles. The minimum absolute atomic E-state index is 0.168. The number of allylic oxidation sites excluding steroid dienone is 1. The zero-order valence-corrected chi connectivity index (χ0v) is 14.6. The first-order chi connectivity index (χ1) is 12.6. The Hall–Kier alpha value is -3.35. The third-order valence-corrected chi connectivity index (χ3v) is 4.37. The van der Waals surface area contributed by atoms with Crippen molar-refractivity contribution in [2.45, 2.75) is 26.4 Å². The fourth-order valence-corrected chi connectivity index (χ4v) is 3.12. The maximum atomic E-state index is 13.0. The quantitative estimate of drug-likeness (QED) is 0.756. The van der Waals surface area contributed by atoms with Gasteiger partial charge in [-0.1, -0.05) is 30.3 Å². The van der Waals surface area contributed by atoms with Crippen LogP contribution >= 0.6 is 0 Å². The first-order valence-corrected chi connectivity index (χ1v) is 8.39. The van der Waals surface area contributed by atoms with E-state index in [2.05, 4.69) is 20.7 Å². The van der Waals surface area contributed by atoms with E-state index in [1.807, 2.05) is 56.3 Å². The molecule has 0 aliphatic carbocycles. The average molecular weight is 349 g/mol. The Morgan fingerprint density at radius 3 is 2.77 bits per heavy atom. The van der Waals surface area contributed by atoms with Gasteiger partial charge in [0.2, 0.25) is 5.95 Å². The maximum Gasteiger partial charge on any atom is 0.251 e. The third-order valence-electron chi connectivity index (χ3n) is 4.37. The predicted molar refractivity (Wildman–Crippen MR) is 96.2 cm³/mol. The molecule has 3 aromatic rings. The molecule has 1 amide bonds. The number of hydrogen-bond donors (Lipinski definition) is 2. The summed E-state index contributed by atoms with van der Waals surface area (Å²) in [7, 11) is 0.